The molecule has 0 bridgehead atoms. The smallest absolute Gasteiger partial charge is 0.243 e. The highest BCUT2D eigenvalue weighted by atomic mass is 32.2. The molecule has 1 atom stereocenters. The number of thiazole rings is 1. The number of amides is 1. The molecule has 162 valence electrons. The van der Waals surface area contributed by atoms with Crippen molar-refractivity contribution in [3.63, 3.8) is 0 Å². The summed E-state index contributed by atoms with van der Waals surface area (Å²) >= 11 is 1.66. The number of piperidine rings is 1. The van der Waals surface area contributed by atoms with Crippen LogP contribution in [0.25, 0.3) is 10.2 Å². The van der Waals surface area contributed by atoms with E-state index >= 15 is 0 Å². The van der Waals surface area contributed by atoms with Gasteiger partial charge in [-0.25, -0.2) is 13.4 Å². The molecule has 0 N–H and O–H groups in total. The zero-order chi connectivity index (χ0) is 21.6. The van der Waals surface area contributed by atoms with Crippen molar-refractivity contribution in [1.29, 1.82) is 0 Å². The van der Waals surface area contributed by atoms with Crippen molar-refractivity contribution in [3.8, 4) is 0 Å². The Labute approximate surface area is 186 Å². The fourth-order valence-electron chi connectivity index (χ4n) is 4.64. The molecule has 1 saturated heterocycles. The van der Waals surface area contributed by atoms with E-state index in [1.54, 1.807) is 45.7 Å². The van der Waals surface area contributed by atoms with Gasteiger partial charge in [0, 0.05) is 38.2 Å². The average molecular weight is 456 g/mol. The van der Waals surface area contributed by atoms with Gasteiger partial charge >= 0.3 is 0 Å². The number of para-hydroxylation sites is 1. The Balaban J connectivity index is 1.42. The van der Waals surface area contributed by atoms with Gasteiger partial charge in [0.1, 0.15) is 0 Å². The highest BCUT2D eigenvalue weighted by Gasteiger charge is 2.33. The summed E-state index contributed by atoms with van der Waals surface area (Å²) in [7, 11) is -3.60. The number of carbonyl (C=O) groups excluding carboxylic acids is 1. The van der Waals surface area contributed by atoms with Crippen molar-refractivity contribution in [2.75, 3.05) is 24.5 Å². The minimum atomic E-state index is -3.60. The van der Waals surface area contributed by atoms with Gasteiger partial charge in [0.25, 0.3) is 0 Å². The van der Waals surface area contributed by atoms with Gasteiger partial charge in [-0.3, -0.25) is 4.79 Å². The zero-order valence-corrected chi connectivity index (χ0v) is 19.1. The first-order chi connectivity index (χ1) is 14.9. The van der Waals surface area contributed by atoms with Crippen LogP contribution in [0.1, 0.15) is 42.7 Å². The van der Waals surface area contributed by atoms with Gasteiger partial charge in [-0.15, -0.1) is 11.3 Å². The van der Waals surface area contributed by atoms with Crippen LogP contribution in [-0.2, 0) is 21.2 Å². The molecule has 3 heterocycles. The Morgan fingerprint density at radius 1 is 1.13 bits per heavy atom. The lowest BCUT2D eigenvalue weighted by Crippen LogP contribution is -2.39. The minimum absolute atomic E-state index is 0.00809. The molecule has 5 rings (SSSR count). The van der Waals surface area contributed by atoms with E-state index in [1.807, 2.05) is 18.2 Å². The first-order valence-corrected chi connectivity index (χ1v) is 13.0. The Bertz CT molecular complexity index is 1220. The highest BCUT2D eigenvalue weighted by Crippen LogP contribution is 2.36. The number of benzene rings is 2. The number of hydrogen-bond acceptors (Lipinski definition) is 5. The van der Waals surface area contributed by atoms with Crippen LogP contribution in [0, 0.1) is 0 Å². The van der Waals surface area contributed by atoms with E-state index in [0.717, 1.165) is 52.2 Å². The van der Waals surface area contributed by atoms with Crippen LogP contribution in [-0.4, -0.2) is 43.2 Å². The average Bonchev–Trinajstić information content (AvgIpc) is 3.22. The van der Waals surface area contributed by atoms with E-state index in [4.69, 9.17) is 4.98 Å². The van der Waals surface area contributed by atoms with Crippen LogP contribution in [0.15, 0.2) is 47.4 Å². The number of anilines is 1. The first kappa shape index (κ1) is 20.6. The summed E-state index contributed by atoms with van der Waals surface area (Å²) in [4.78, 5) is 18.7. The summed E-state index contributed by atoms with van der Waals surface area (Å²) in [6.45, 7) is 3.22. The summed E-state index contributed by atoms with van der Waals surface area (Å²) in [5.74, 6) is 0.109. The van der Waals surface area contributed by atoms with E-state index in [1.165, 1.54) is 0 Å². The Morgan fingerprint density at radius 3 is 2.77 bits per heavy atom. The van der Waals surface area contributed by atoms with E-state index in [0.29, 0.717) is 24.5 Å². The maximum Gasteiger partial charge on any atom is 0.243 e. The molecular weight excluding hydrogens is 430 g/mol. The molecule has 2 aliphatic heterocycles. The number of aryl methyl sites for hydroxylation is 1. The predicted molar refractivity (Wildman–Crippen MR) is 123 cm³/mol. The number of carbonyl (C=O) groups is 1. The maximum absolute atomic E-state index is 13.5. The Kier molecular flexibility index (Phi) is 5.32. The molecule has 6 nitrogen and oxygen atoms in total. The molecule has 0 unspecified atom stereocenters. The second-order valence-corrected chi connectivity index (χ2v) is 11.3. The summed E-state index contributed by atoms with van der Waals surface area (Å²) < 4.78 is 29.7. The van der Waals surface area contributed by atoms with E-state index < -0.39 is 10.0 Å². The molecule has 1 fully saturated rings. The monoisotopic (exact) mass is 455 g/mol. The second-order valence-electron chi connectivity index (χ2n) is 8.29. The SMILES string of the molecule is CC(=O)N1CCCc2cc(S(=O)(=O)N3CCC[C@H](c4nc5ccccc5s4)C3)ccc21. The summed E-state index contributed by atoms with van der Waals surface area (Å²) in [5.41, 5.74) is 2.75. The van der Waals surface area contributed by atoms with E-state index in [9.17, 15) is 13.2 Å². The van der Waals surface area contributed by atoms with Crippen molar-refractivity contribution < 1.29 is 13.2 Å². The Morgan fingerprint density at radius 2 is 1.97 bits per heavy atom. The van der Waals surface area contributed by atoms with Crippen LogP contribution in [0.3, 0.4) is 0 Å². The standard InChI is InChI=1S/C23H25N3O3S2/c1-16(27)26-13-5-6-17-14-19(10-11-21(17)26)31(28,29)25-12-4-7-18(15-25)23-24-20-8-2-3-9-22(20)30-23/h2-3,8-11,14,18H,4-7,12-13,15H2,1H3/t18-/m0/s1. The van der Waals surface area contributed by atoms with Crippen LogP contribution >= 0.6 is 11.3 Å². The molecule has 8 heteroatoms. The molecule has 2 aliphatic rings. The van der Waals surface area contributed by atoms with Crippen molar-refractivity contribution in [3.05, 3.63) is 53.0 Å². The third-order valence-electron chi connectivity index (χ3n) is 6.23. The predicted octanol–water partition coefficient (Wildman–Crippen LogP) is 4.16. The number of hydrogen-bond donors (Lipinski definition) is 0. The van der Waals surface area contributed by atoms with Crippen molar-refractivity contribution >= 4 is 43.2 Å². The third kappa shape index (κ3) is 3.77. The third-order valence-corrected chi connectivity index (χ3v) is 9.29. The van der Waals surface area contributed by atoms with Gasteiger partial charge in [0.05, 0.1) is 20.1 Å². The topological polar surface area (TPSA) is 70.6 Å². The van der Waals surface area contributed by atoms with Crippen molar-refractivity contribution in [1.82, 2.24) is 9.29 Å². The molecule has 31 heavy (non-hydrogen) atoms. The highest BCUT2D eigenvalue weighted by molar-refractivity contribution is 7.89. The van der Waals surface area contributed by atoms with Gasteiger partial charge in [0.2, 0.25) is 15.9 Å². The number of aromatic nitrogens is 1. The molecule has 1 amide bonds. The normalized spacial score (nSPS) is 20.0. The van der Waals surface area contributed by atoms with E-state index in [2.05, 4.69) is 6.07 Å². The number of rotatable bonds is 3. The first-order valence-electron chi connectivity index (χ1n) is 10.7. The van der Waals surface area contributed by atoms with Crippen LogP contribution in [0.4, 0.5) is 5.69 Å². The molecule has 0 radical (unpaired) electrons. The summed E-state index contributed by atoms with van der Waals surface area (Å²) in [6.07, 6.45) is 3.41. The van der Waals surface area contributed by atoms with Gasteiger partial charge in [-0.2, -0.15) is 4.31 Å². The molecule has 2 aromatic carbocycles. The maximum atomic E-state index is 13.5. The zero-order valence-electron chi connectivity index (χ0n) is 17.5. The number of sulfonamides is 1. The number of nitrogens with zero attached hydrogens (tertiary/aromatic N) is 3. The summed E-state index contributed by atoms with van der Waals surface area (Å²) in [6, 6.07) is 13.3. The fraction of sp³-hybridized carbons (Fsp3) is 0.391. The molecular formula is C23H25N3O3S2. The van der Waals surface area contributed by atoms with Crippen LogP contribution < -0.4 is 4.90 Å². The van der Waals surface area contributed by atoms with Gasteiger partial charge in [-0.1, -0.05) is 12.1 Å². The van der Waals surface area contributed by atoms with Gasteiger partial charge < -0.3 is 4.90 Å². The Hall–Kier alpha value is -2.29. The largest absolute Gasteiger partial charge is 0.312 e. The van der Waals surface area contributed by atoms with Crippen LogP contribution in [0.5, 0.6) is 0 Å². The minimum Gasteiger partial charge on any atom is -0.312 e. The molecule has 0 aliphatic carbocycles. The second kappa shape index (κ2) is 8.00. The molecule has 3 aromatic rings. The lowest BCUT2D eigenvalue weighted by atomic mass is 10.0. The molecule has 1 aromatic heterocycles. The number of fused-ring (bicyclic) bond motifs is 2. The quantitative estimate of drug-likeness (QED) is 0.595. The molecule has 0 spiro atoms. The van der Waals surface area contributed by atoms with Gasteiger partial charge in [-0.05, 0) is 61.6 Å². The van der Waals surface area contributed by atoms with Gasteiger partial charge in [0.15, 0.2) is 0 Å². The van der Waals surface area contributed by atoms with Crippen LogP contribution in [0.2, 0.25) is 0 Å². The van der Waals surface area contributed by atoms with Crippen molar-refractivity contribution in [2.45, 2.75) is 43.4 Å². The van der Waals surface area contributed by atoms with E-state index in [-0.39, 0.29) is 11.8 Å². The summed E-state index contributed by atoms with van der Waals surface area (Å²) in [5, 5.41) is 1.02. The van der Waals surface area contributed by atoms with Crippen molar-refractivity contribution in [2.24, 2.45) is 0 Å². The molecule has 0 saturated carbocycles. The lowest BCUT2D eigenvalue weighted by Gasteiger charge is -2.32. The lowest BCUT2D eigenvalue weighted by molar-refractivity contribution is -0.116. The fourth-order valence-corrected chi connectivity index (χ4v) is 7.31.